The molecule has 0 unspecified atom stereocenters. The number of aryl methyl sites for hydroxylation is 1. The van der Waals surface area contributed by atoms with Gasteiger partial charge in [0.1, 0.15) is 6.61 Å². The highest BCUT2D eigenvalue weighted by Crippen LogP contribution is 2.31. The second-order valence-electron chi connectivity index (χ2n) is 6.11. The molecule has 1 heterocycles. The number of ether oxygens (including phenoxy) is 1. The number of carbonyl (C=O) groups is 1. The highest BCUT2D eigenvalue weighted by atomic mass is 35.5. The molecule has 0 N–H and O–H groups in total. The lowest BCUT2D eigenvalue weighted by Gasteiger charge is -2.12. The Kier molecular flexibility index (Phi) is 4.36. The van der Waals surface area contributed by atoms with Crippen LogP contribution in [0, 0.1) is 0 Å². The Balaban J connectivity index is 1.67. The number of halogens is 2. The molecule has 1 aromatic heterocycles. The summed E-state index contributed by atoms with van der Waals surface area (Å²) in [7, 11) is 0. The topological polar surface area (TPSA) is 39.2 Å². The number of rotatable bonds is 3. The summed E-state index contributed by atoms with van der Waals surface area (Å²) in [6, 6.07) is 12.9. The number of hydrogen-bond donors (Lipinski definition) is 0. The third kappa shape index (κ3) is 3.10. The van der Waals surface area contributed by atoms with Crippen LogP contribution in [0.1, 0.15) is 33.6 Å². The van der Waals surface area contributed by atoms with Crippen LogP contribution < -0.4 is 0 Å². The maximum Gasteiger partial charge on any atom is 0.339 e. The van der Waals surface area contributed by atoms with Gasteiger partial charge in [-0.2, -0.15) is 0 Å². The minimum atomic E-state index is -0.317. The average molecular weight is 372 g/mol. The molecule has 4 rings (SSSR count). The Morgan fingerprint density at radius 2 is 1.92 bits per heavy atom. The van der Waals surface area contributed by atoms with Gasteiger partial charge in [0.15, 0.2) is 0 Å². The highest BCUT2D eigenvalue weighted by molar-refractivity contribution is 6.42. The van der Waals surface area contributed by atoms with Crippen LogP contribution in [0.2, 0.25) is 10.0 Å². The van der Waals surface area contributed by atoms with Crippen molar-refractivity contribution in [1.82, 2.24) is 4.98 Å². The summed E-state index contributed by atoms with van der Waals surface area (Å²) in [6.07, 6.45) is 2.79. The molecule has 3 nitrogen and oxygen atoms in total. The fraction of sp³-hybridized carbons (Fsp3) is 0.200. The van der Waals surface area contributed by atoms with Gasteiger partial charge in [0, 0.05) is 11.1 Å². The molecule has 0 saturated heterocycles. The largest absolute Gasteiger partial charge is 0.457 e. The summed E-state index contributed by atoms with van der Waals surface area (Å²) in [5.74, 6) is -0.317. The van der Waals surface area contributed by atoms with E-state index in [0.717, 1.165) is 47.0 Å². The summed E-state index contributed by atoms with van der Waals surface area (Å²) in [6.45, 7) is 0.154. The third-order valence-corrected chi connectivity index (χ3v) is 5.22. The van der Waals surface area contributed by atoms with Gasteiger partial charge in [0.05, 0.1) is 21.1 Å². The molecular formula is C20H15Cl2NO2. The number of esters is 1. The Morgan fingerprint density at radius 3 is 2.76 bits per heavy atom. The van der Waals surface area contributed by atoms with Crippen LogP contribution in [0.3, 0.4) is 0 Å². The molecular weight excluding hydrogens is 357 g/mol. The van der Waals surface area contributed by atoms with Gasteiger partial charge in [-0.1, -0.05) is 47.5 Å². The van der Waals surface area contributed by atoms with E-state index < -0.39 is 0 Å². The van der Waals surface area contributed by atoms with Crippen molar-refractivity contribution in [3.8, 4) is 0 Å². The van der Waals surface area contributed by atoms with Crippen molar-refractivity contribution in [2.24, 2.45) is 0 Å². The predicted molar refractivity (Wildman–Crippen MR) is 99.3 cm³/mol. The van der Waals surface area contributed by atoms with Crippen molar-refractivity contribution < 1.29 is 9.53 Å². The summed E-state index contributed by atoms with van der Waals surface area (Å²) in [5, 5.41) is 1.78. The molecule has 5 heteroatoms. The summed E-state index contributed by atoms with van der Waals surface area (Å²) >= 11 is 11.9. The number of para-hydroxylation sites is 1. The van der Waals surface area contributed by atoms with E-state index in [-0.39, 0.29) is 12.6 Å². The molecule has 1 aliphatic rings. The van der Waals surface area contributed by atoms with E-state index in [1.807, 2.05) is 24.3 Å². The lowest BCUT2D eigenvalue weighted by Crippen LogP contribution is -2.10. The van der Waals surface area contributed by atoms with Gasteiger partial charge in [-0.25, -0.2) is 4.79 Å². The molecule has 126 valence electrons. The SMILES string of the molecule is O=C(OCc1ccc(Cl)c(Cl)c1)c1c2c(nc3ccccc13)CCC2. The fourth-order valence-corrected chi connectivity index (χ4v) is 3.62. The number of pyridine rings is 1. The normalized spacial score (nSPS) is 13.0. The van der Waals surface area contributed by atoms with E-state index in [2.05, 4.69) is 0 Å². The van der Waals surface area contributed by atoms with Crippen LogP contribution in [0.5, 0.6) is 0 Å². The van der Waals surface area contributed by atoms with E-state index in [0.29, 0.717) is 15.6 Å². The number of aromatic nitrogens is 1. The van der Waals surface area contributed by atoms with Gasteiger partial charge in [-0.05, 0) is 48.6 Å². The standard InChI is InChI=1S/C20H15Cl2NO2/c21-15-9-8-12(10-16(15)22)11-25-20(24)19-13-4-1-2-6-17(13)23-18-7-3-5-14(18)19/h1-2,4,6,8-10H,3,5,7,11H2. The van der Waals surface area contributed by atoms with E-state index >= 15 is 0 Å². The first kappa shape index (κ1) is 16.4. The van der Waals surface area contributed by atoms with E-state index in [1.54, 1.807) is 18.2 Å². The summed E-state index contributed by atoms with van der Waals surface area (Å²) in [5.41, 5.74) is 4.33. The molecule has 0 aliphatic heterocycles. The van der Waals surface area contributed by atoms with Crippen LogP contribution in [-0.4, -0.2) is 11.0 Å². The number of carbonyl (C=O) groups excluding carboxylic acids is 1. The first-order chi connectivity index (χ1) is 12.1. The third-order valence-electron chi connectivity index (χ3n) is 4.48. The van der Waals surface area contributed by atoms with Crippen molar-refractivity contribution in [1.29, 1.82) is 0 Å². The van der Waals surface area contributed by atoms with Gasteiger partial charge in [-0.3, -0.25) is 4.98 Å². The molecule has 0 radical (unpaired) electrons. The van der Waals surface area contributed by atoms with Crippen molar-refractivity contribution in [2.45, 2.75) is 25.9 Å². The zero-order valence-electron chi connectivity index (χ0n) is 13.4. The van der Waals surface area contributed by atoms with Crippen LogP contribution in [0.4, 0.5) is 0 Å². The molecule has 0 atom stereocenters. The summed E-state index contributed by atoms with van der Waals surface area (Å²) < 4.78 is 5.57. The average Bonchev–Trinajstić information content (AvgIpc) is 3.08. The minimum absolute atomic E-state index is 0.154. The molecule has 0 amide bonds. The second kappa shape index (κ2) is 6.66. The quantitative estimate of drug-likeness (QED) is 0.579. The smallest absolute Gasteiger partial charge is 0.339 e. The molecule has 0 saturated carbocycles. The first-order valence-electron chi connectivity index (χ1n) is 8.15. The lowest BCUT2D eigenvalue weighted by atomic mass is 10.0. The Labute approximate surface area is 155 Å². The molecule has 0 fully saturated rings. The van der Waals surface area contributed by atoms with Crippen LogP contribution >= 0.6 is 23.2 Å². The molecule has 3 aromatic rings. The minimum Gasteiger partial charge on any atom is -0.457 e. The molecule has 0 bridgehead atoms. The maximum atomic E-state index is 12.8. The van der Waals surface area contributed by atoms with Gasteiger partial charge in [0.25, 0.3) is 0 Å². The van der Waals surface area contributed by atoms with Crippen molar-refractivity contribution in [2.75, 3.05) is 0 Å². The van der Waals surface area contributed by atoms with Crippen molar-refractivity contribution >= 4 is 40.1 Å². The van der Waals surface area contributed by atoms with Crippen LogP contribution in [-0.2, 0) is 24.2 Å². The van der Waals surface area contributed by atoms with Crippen molar-refractivity contribution in [3.63, 3.8) is 0 Å². The Bertz CT molecular complexity index is 985. The number of benzene rings is 2. The number of nitrogens with zero attached hydrogens (tertiary/aromatic N) is 1. The van der Waals surface area contributed by atoms with Gasteiger partial charge in [-0.15, -0.1) is 0 Å². The van der Waals surface area contributed by atoms with Gasteiger partial charge >= 0.3 is 5.97 Å². The van der Waals surface area contributed by atoms with Crippen LogP contribution in [0.15, 0.2) is 42.5 Å². The predicted octanol–water partition coefficient (Wildman–Crippen LogP) is 5.39. The second-order valence-corrected chi connectivity index (χ2v) is 6.92. The number of hydrogen-bond acceptors (Lipinski definition) is 3. The lowest BCUT2D eigenvalue weighted by molar-refractivity contribution is 0.0474. The van der Waals surface area contributed by atoms with Gasteiger partial charge < -0.3 is 4.74 Å². The molecule has 2 aromatic carbocycles. The zero-order valence-corrected chi connectivity index (χ0v) is 14.9. The van der Waals surface area contributed by atoms with E-state index in [1.165, 1.54) is 0 Å². The summed E-state index contributed by atoms with van der Waals surface area (Å²) in [4.78, 5) is 17.5. The highest BCUT2D eigenvalue weighted by Gasteiger charge is 2.24. The Hall–Kier alpha value is -2.10. The zero-order chi connectivity index (χ0) is 17.4. The first-order valence-corrected chi connectivity index (χ1v) is 8.90. The fourth-order valence-electron chi connectivity index (χ4n) is 3.29. The van der Waals surface area contributed by atoms with Crippen molar-refractivity contribution in [3.05, 3.63) is 74.9 Å². The Morgan fingerprint density at radius 1 is 1.08 bits per heavy atom. The number of fused-ring (bicyclic) bond motifs is 2. The van der Waals surface area contributed by atoms with Crippen LogP contribution in [0.25, 0.3) is 10.9 Å². The van der Waals surface area contributed by atoms with E-state index in [4.69, 9.17) is 32.9 Å². The molecule has 0 spiro atoms. The van der Waals surface area contributed by atoms with Gasteiger partial charge in [0.2, 0.25) is 0 Å². The maximum absolute atomic E-state index is 12.8. The van der Waals surface area contributed by atoms with E-state index in [9.17, 15) is 4.79 Å². The molecule has 25 heavy (non-hydrogen) atoms. The molecule has 1 aliphatic carbocycles. The monoisotopic (exact) mass is 371 g/mol.